The van der Waals surface area contributed by atoms with Crippen LogP contribution in [0.5, 0.6) is 0 Å². The van der Waals surface area contributed by atoms with Crippen LogP contribution < -0.4 is 5.56 Å². The number of alkyl halides is 3. The van der Waals surface area contributed by atoms with E-state index in [9.17, 15) is 18.0 Å². The molecule has 0 atom stereocenters. The summed E-state index contributed by atoms with van der Waals surface area (Å²) in [6.45, 7) is 1.80. The molecule has 10 heteroatoms. The van der Waals surface area contributed by atoms with E-state index in [1.165, 1.54) is 12.1 Å². The Morgan fingerprint density at radius 1 is 1.16 bits per heavy atom. The first-order valence-corrected chi connectivity index (χ1v) is 10.8. The van der Waals surface area contributed by atoms with Crippen molar-refractivity contribution in [3.05, 3.63) is 80.7 Å². The number of hydrogen-bond acceptors (Lipinski definition) is 5. The second-order valence-electron chi connectivity index (χ2n) is 7.62. The van der Waals surface area contributed by atoms with Crippen molar-refractivity contribution in [1.82, 2.24) is 25.1 Å². The molecule has 2 N–H and O–H groups in total. The van der Waals surface area contributed by atoms with Crippen molar-refractivity contribution < 1.29 is 13.2 Å². The largest absolute Gasteiger partial charge is 0.416 e. The van der Waals surface area contributed by atoms with Crippen molar-refractivity contribution >= 4 is 11.3 Å². The topological polar surface area (TPSA) is 77.7 Å². The Bertz CT molecular complexity index is 1290. The lowest BCUT2D eigenvalue weighted by Gasteiger charge is -2.27. The number of halogens is 3. The smallest absolute Gasteiger partial charge is 0.306 e. The van der Waals surface area contributed by atoms with Gasteiger partial charge < -0.3 is 4.98 Å². The number of benzene rings is 1. The average molecular weight is 457 g/mol. The minimum Gasteiger partial charge on any atom is -0.306 e. The molecule has 164 valence electrons. The maximum absolute atomic E-state index is 12.8. The number of nitrogens with zero attached hydrogens (tertiary/aromatic N) is 3. The van der Waals surface area contributed by atoms with Gasteiger partial charge in [-0.25, -0.2) is 4.98 Å². The second-order valence-corrected chi connectivity index (χ2v) is 8.57. The van der Waals surface area contributed by atoms with Crippen LogP contribution in [0, 0.1) is 0 Å². The fraction of sp³-hybridized carbons (Fsp3) is 0.227. The summed E-state index contributed by atoms with van der Waals surface area (Å²) in [7, 11) is 0. The monoisotopic (exact) mass is 457 g/mol. The third-order valence-electron chi connectivity index (χ3n) is 5.51. The van der Waals surface area contributed by atoms with Crippen LogP contribution in [0.4, 0.5) is 13.2 Å². The quantitative estimate of drug-likeness (QED) is 0.474. The highest BCUT2D eigenvalue weighted by Crippen LogP contribution is 2.31. The van der Waals surface area contributed by atoms with Crippen molar-refractivity contribution in [2.75, 3.05) is 6.54 Å². The zero-order valence-electron chi connectivity index (χ0n) is 16.7. The van der Waals surface area contributed by atoms with Gasteiger partial charge in [0.1, 0.15) is 5.82 Å². The molecule has 0 saturated heterocycles. The molecule has 3 aromatic heterocycles. The number of thiophene rings is 1. The van der Waals surface area contributed by atoms with Gasteiger partial charge in [-0.3, -0.25) is 14.8 Å². The maximum atomic E-state index is 12.8. The van der Waals surface area contributed by atoms with Gasteiger partial charge in [0.15, 0.2) is 0 Å². The van der Waals surface area contributed by atoms with Gasteiger partial charge in [0.05, 0.1) is 33.6 Å². The number of fused-ring (bicyclic) bond motifs is 1. The highest BCUT2D eigenvalue weighted by molar-refractivity contribution is 7.13. The summed E-state index contributed by atoms with van der Waals surface area (Å²) in [6.07, 6.45) is -2.02. The van der Waals surface area contributed by atoms with Crippen LogP contribution in [-0.4, -0.2) is 31.6 Å². The third kappa shape index (κ3) is 3.98. The van der Waals surface area contributed by atoms with Crippen molar-refractivity contribution in [2.45, 2.75) is 25.7 Å². The molecule has 0 bridgehead atoms. The molecule has 6 nitrogen and oxygen atoms in total. The summed E-state index contributed by atoms with van der Waals surface area (Å²) in [6, 6.07) is 8.66. The van der Waals surface area contributed by atoms with E-state index in [1.807, 2.05) is 17.5 Å². The summed E-state index contributed by atoms with van der Waals surface area (Å²) in [5.74, 6) is 0.283. The van der Waals surface area contributed by atoms with Gasteiger partial charge in [0, 0.05) is 37.2 Å². The Hall–Kier alpha value is -3.24. The minimum atomic E-state index is -4.41. The zero-order valence-corrected chi connectivity index (χ0v) is 17.6. The molecule has 4 aromatic rings. The van der Waals surface area contributed by atoms with Gasteiger partial charge in [0.25, 0.3) is 5.56 Å². The normalized spacial score (nSPS) is 14.5. The van der Waals surface area contributed by atoms with Gasteiger partial charge in [-0.15, -0.1) is 11.3 Å². The molecule has 0 fully saturated rings. The molecule has 5 rings (SSSR count). The summed E-state index contributed by atoms with van der Waals surface area (Å²) >= 11 is 1.63. The number of nitrogens with one attached hydrogen (secondary N) is 2. The predicted molar refractivity (Wildman–Crippen MR) is 115 cm³/mol. The second kappa shape index (κ2) is 8.03. The number of hydrogen-bond donors (Lipinski definition) is 2. The SMILES string of the molecule is O=c1[nH]c(-c2ccc(C(F)(F)F)cc2)nc2c1CN(Cc1cn[nH]c1-c1cccs1)CC2. The average Bonchev–Trinajstić information content (AvgIpc) is 3.45. The molecular formula is C22H18F3N5OS. The summed E-state index contributed by atoms with van der Waals surface area (Å²) in [4.78, 5) is 23.3. The molecule has 1 aromatic carbocycles. The molecule has 1 aliphatic rings. The zero-order chi connectivity index (χ0) is 22.3. The fourth-order valence-corrected chi connectivity index (χ4v) is 4.63. The standard InChI is InChI=1S/C22H18F3N5OS/c23-22(24,25)15-5-3-13(4-6-15)20-27-17-7-8-30(12-16(17)21(31)28-20)11-14-10-26-29-19(14)18-2-1-9-32-18/h1-6,9-10H,7-8,11-12H2,(H,26,29)(H,27,28,31). The Labute approximate surface area is 184 Å². The molecular weight excluding hydrogens is 439 g/mol. The first-order chi connectivity index (χ1) is 15.4. The molecule has 0 spiro atoms. The van der Waals surface area contributed by atoms with Crippen molar-refractivity contribution in [2.24, 2.45) is 0 Å². The van der Waals surface area contributed by atoms with Gasteiger partial charge >= 0.3 is 6.18 Å². The molecule has 1 aliphatic heterocycles. The molecule has 4 heterocycles. The molecule has 32 heavy (non-hydrogen) atoms. The first kappa shape index (κ1) is 20.7. The van der Waals surface area contributed by atoms with Crippen LogP contribution in [0.2, 0.25) is 0 Å². The summed E-state index contributed by atoms with van der Waals surface area (Å²) < 4.78 is 38.4. The van der Waals surface area contributed by atoms with Gasteiger partial charge in [0.2, 0.25) is 0 Å². The number of aromatic nitrogens is 4. The number of rotatable bonds is 4. The van der Waals surface area contributed by atoms with Crippen molar-refractivity contribution in [1.29, 1.82) is 0 Å². The van der Waals surface area contributed by atoms with Crippen molar-refractivity contribution in [3.8, 4) is 22.0 Å². The molecule has 0 radical (unpaired) electrons. The number of H-pyrrole nitrogens is 2. The van der Waals surface area contributed by atoms with Crippen LogP contribution in [-0.2, 0) is 25.7 Å². The maximum Gasteiger partial charge on any atom is 0.416 e. The molecule has 0 amide bonds. The van der Waals surface area contributed by atoms with Crippen LogP contribution in [0.25, 0.3) is 22.0 Å². The highest BCUT2D eigenvalue weighted by Gasteiger charge is 2.30. The Balaban J connectivity index is 1.36. The summed E-state index contributed by atoms with van der Waals surface area (Å²) in [5.41, 5.74) is 2.76. The lowest BCUT2D eigenvalue weighted by Crippen LogP contribution is -2.35. The molecule has 0 saturated carbocycles. The van der Waals surface area contributed by atoms with Gasteiger partial charge in [-0.1, -0.05) is 18.2 Å². The van der Waals surface area contributed by atoms with E-state index in [0.29, 0.717) is 42.9 Å². The Morgan fingerprint density at radius 3 is 2.69 bits per heavy atom. The van der Waals surface area contributed by atoms with E-state index < -0.39 is 11.7 Å². The van der Waals surface area contributed by atoms with E-state index >= 15 is 0 Å². The summed E-state index contributed by atoms with van der Waals surface area (Å²) in [5, 5.41) is 9.24. The third-order valence-corrected chi connectivity index (χ3v) is 6.40. The van der Waals surface area contributed by atoms with Crippen LogP contribution >= 0.6 is 11.3 Å². The van der Waals surface area contributed by atoms with Crippen molar-refractivity contribution in [3.63, 3.8) is 0 Å². The van der Waals surface area contributed by atoms with Crippen LogP contribution in [0.15, 0.2) is 52.8 Å². The van der Waals surface area contributed by atoms with Crippen LogP contribution in [0.3, 0.4) is 0 Å². The van der Waals surface area contributed by atoms with E-state index in [4.69, 9.17) is 0 Å². The van der Waals surface area contributed by atoms with Crippen LogP contribution in [0.1, 0.15) is 22.4 Å². The predicted octanol–water partition coefficient (Wildman–Crippen LogP) is 4.47. The molecule has 0 aliphatic carbocycles. The lowest BCUT2D eigenvalue weighted by atomic mass is 10.0. The Morgan fingerprint density at radius 2 is 1.97 bits per heavy atom. The Kier molecular flexibility index (Phi) is 5.18. The minimum absolute atomic E-state index is 0.264. The van der Waals surface area contributed by atoms with E-state index in [0.717, 1.165) is 28.3 Å². The first-order valence-electron chi connectivity index (χ1n) is 9.96. The van der Waals surface area contributed by atoms with E-state index in [1.54, 1.807) is 17.5 Å². The lowest BCUT2D eigenvalue weighted by molar-refractivity contribution is -0.137. The van der Waals surface area contributed by atoms with E-state index in [2.05, 4.69) is 25.1 Å². The van der Waals surface area contributed by atoms with Gasteiger partial charge in [-0.05, 0) is 23.6 Å². The fourth-order valence-electron chi connectivity index (χ4n) is 3.88. The highest BCUT2D eigenvalue weighted by atomic mass is 32.1. The van der Waals surface area contributed by atoms with E-state index in [-0.39, 0.29) is 11.4 Å². The van der Waals surface area contributed by atoms with Gasteiger partial charge in [-0.2, -0.15) is 18.3 Å². The number of aromatic amines is 2. The molecule has 0 unspecified atom stereocenters.